The molecule has 0 fully saturated rings. The topological polar surface area (TPSA) is 21.3 Å². The largest absolute Gasteiger partial charge is 0.493 e. The molecule has 0 aliphatic heterocycles. The molecule has 16 heavy (non-hydrogen) atoms. The van der Waals surface area contributed by atoms with Crippen LogP contribution in [0.2, 0.25) is 0 Å². The van der Waals surface area contributed by atoms with Gasteiger partial charge >= 0.3 is 0 Å². The summed E-state index contributed by atoms with van der Waals surface area (Å²) in [4.78, 5) is 0. The first-order valence-corrected chi connectivity index (χ1v) is 5.72. The number of hydrogen-bond acceptors (Lipinski definition) is 2. The molecule has 0 aliphatic rings. The summed E-state index contributed by atoms with van der Waals surface area (Å²) in [7, 11) is 0. The lowest BCUT2D eigenvalue weighted by Gasteiger charge is -2.07. The molecule has 0 aliphatic carbocycles. The van der Waals surface area contributed by atoms with E-state index in [1.807, 2.05) is 12.1 Å². The first-order valence-electron chi connectivity index (χ1n) is 5.72. The van der Waals surface area contributed by atoms with Crippen molar-refractivity contribution in [3.05, 3.63) is 29.8 Å². The maximum absolute atomic E-state index is 5.52. The van der Waals surface area contributed by atoms with E-state index in [0.29, 0.717) is 13.0 Å². The minimum absolute atomic E-state index is 0.586. The fraction of sp³-hybridized carbons (Fsp3) is 0.429. The Labute approximate surface area is 98.0 Å². The van der Waals surface area contributed by atoms with Crippen LogP contribution < -0.4 is 10.1 Å². The van der Waals surface area contributed by atoms with Crippen LogP contribution in [0.3, 0.4) is 0 Å². The van der Waals surface area contributed by atoms with Gasteiger partial charge in [-0.2, -0.15) is 0 Å². The highest BCUT2D eigenvalue weighted by atomic mass is 16.5. The molecule has 2 heteroatoms. The molecule has 0 spiro atoms. The van der Waals surface area contributed by atoms with Gasteiger partial charge in [0.05, 0.1) is 6.61 Å². The molecule has 1 aromatic rings. The number of benzene rings is 1. The zero-order chi connectivity index (χ0) is 11.6. The van der Waals surface area contributed by atoms with Crippen LogP contribution in [0.5, 0.6) is 5.75 Å². The second kappa shape index (κ2) is 7.78. The van der Waals surface area contributed by atoms with Gasteiger partial charge in [-0.15, -0.1) is 12.3 Å². The van der Waals surface area contributed by atoms with Gasteiger partial charge in [0.25, 0.3) is 0 Å². The molecule has 0 heterocycles. The summed E-state index contributed by atoms with van der Waals surface area (Å²) in [5.74, 6) is 3.45. The first-order chi connectivity index (χ1) is 7.86. The van der Waals surface area contributed by atoms with Crippen molar-refractivity contribution in [2.45, 2.75) is 26.3 Å². The van der Waals surface area contributed by atoms with Crippen molar-refractivity contribution in [1.82, 2.24) is 5.32 Å². The van der Waals surface area contributed by atoms with Crippen molar-refractivity contribution in [2.24, 2.45) is 0 Å². The van der Waals surface area contributed by atoms with E-state index in [9.17, 15) is 0 Å². The van der Waals surface area contributed by atoms with Gasteiger partial charge in [-0.3, -0.25) is 0 Å². The van der Waals surface area contributed by atoms with E-state index in [4.69, 9.17) is 11.2 Å². The highest BCUT2D eigenvalue weighted by Gasteiger charge is 1.96. The smallest absolute Gasteiger partial charge is 0.119 e. The van der Waals surface area contributed by atoms with Crippen LogP contribution in [-0.4, -0.2) is 13.2 Å². The van der Waals surface area contributed by atoms with Crippen molar-refractivity contribution < 1.29 is 4.74 Å². The Hall–Kier alpha value is -1.46. The highest BCUT2D eigenvalue weighted by molar-refractivity contribution is 5.28. The Balaban J connectivity index is 2.41. The second-order valence-corrected chi connectivity index (χ2v) is 3.63. The first kappa shape index (κ1) is 12.6. The third-order valence-corrected chi connectivity index (χ3v) is 2.17. The summed E-state index contributed by atoms with van der Waals surface area (Å²) in [6.07, 6.45) is 6.97. The number of nitrogens with one attached hydrogen (secondary N) is 1. The van der Waals surface area contributed by atoms with E-state index in [1.54, 1.807) is 0 Å². The molecule has 2 nitrogen and oxygen atoms in total. The number of hydrogen-bond donors (Lipinski definition) is 1. The zero-order valence-corrected chi connectivity index (χ0v) is 9.83. The summed E-state index contributed by atoms with van der Waals surface area (Å²) in [6.45, 7) is 4.68. The van der Waals surface area contributed by atoms with E-state index in [1.165, 1.54) is 5.56 Å². The standard InChI is InChI=1S/C14H19NO/c1-3-5-10-16-14-8-6-7-13(11-14)12-15-9-4-2/h1,6-8,11,15H,4-5,9-10,12H2,2H3. The predicted octanol–water partition coefficient (Wildman–Crippen LogP) is 2.59. The van der Waals surface area contributed by atoms with Crippen molar-refractivity contribution in [3.8, 4) is 18.1 Å². The molecule has 86 valence electrons. The van der Waals surface area contributed by atoms with Gasteiger partial charge in [-0.25, -0.2) is 0 Å². The monoisotopic (exact) mass is 217 g/mol. The Bertz CT molecular complexity index is 341. The van der Waals surface area contributed by atoms with Gasteiger partial charge in [-0.05, 0) is 30.7 Å². The fourth-order valence-corrected chi connectivity index (χ4v) is 1.38. The van der Waals surface area contributed by atoms with E-state index >= 15 is 0 Å². The van der Waals surface area contributed by atoms with Gasteiger partial charge < -0.3 is 10.1 Å². The Morgan fingerprint density at radius 3 is 3.06 bits per heavy atom. The van der Waals surface area contributed by atoms with Gasteiger partial charge in [0, 0.05) is 13.0 Å². The molecule has 0 amide bonds. The molecule has 0 atom stereocenters. The molecule has 0 saturated heterocycles. The molecule has 0 bridgehead atoms. The molecular formula is C14H19NO. The lowest BCUT2D eigenvalue weighted by atomic mass is 10.2. The van der Waals surface area contributed by atoms with Crippen LogP contribution >= 0.6 is 0 Å². The lowest BCUT2D eigenvalue weighted by Crippen LogP contribution is -2.13. The maximum atomic E-state index is 5.52. The summed E-state index contributed by atoms with van der Waals surface area (Å²) in [5, 5.41) is 3.36. The van der Waals surface area contributed by atoms with Gasteiger partial charge in [-0.1, -0.05) is 19.1 Å². The van der Waals surface area contributed by atoms with Gasteiger partial charge in [0.15, 0.2) is 0 Å². The van der Waals surface area contributed by atoms with Gasteiger partial charge in [0.2, 0.25) is 0 Å². The molecule has 1 N–H and O–H groups in total. The van der Waals surface area contributed by atoms with E-state index in [-0.39, 0.29) is 0 Å². The van der Waals surface area contributed by atoms with Crippen molar-refractivity contribution in [3.63, 3.8) is 0 Å². The summed E-state index contributed by atoms with van der Waals surface area (Å²) in [5.41, 5.74) is 1.24. The van der Waals surface area contributed by atoms with Crippen LogP contribution in [-0.2, 0) is 6.54 Å². The normalized spacial score (nSPS) is 9.75. The molecule has 0 saturated carbocycles. The second-order valence-electron chi connectivity index (χ2n) is 3.63. The predicted molar refractivity (Wildman–Crippen MR) is 67.4 cm³/mol. The molecule has 0 aromatic heterocycles. The zero-order valence-electron chi connectivity index (χ0n) is 9.83. The fourth-order valence-electron chi connectivity index (χ4n) is 1.38. The average Bonchev–Trinajstić information content (AvgIpc) is 2.30. The Morgan fingerprint density at radius 2 is 2.31 bits per heavy atom. The summed E-state index contributed by atoms with van der Waals surface area (Å²) >= 11 is 0. The third-order valence-electron chi connectivity index (χ3n) is 2.17. The average molecular weight is 217 g/mol. The van der Waals surface area contributed by atoms with Crippen molar-refractivity contribution in [2.75, 3.05) is 13.2 Å². The maximum Gasteiger partial charge on any atom is 0.119 e. The number of rotatable bonds is 7. The third kappa shape index (κ3) is 4.86. The Morgan fingerprint density at radius 1 is 1.44 bits per heavy atom. The van der Waals surface area contributed by atoms with Crippen LogP contribution in [0.15, 0.2) is 24.3 Å². The van der Waals surface area contributed by atoms with Crippen molar-refractivity contribution in [1.29, 1.82) is 0 Å². The molecule has 0 unspecified atom stereocenters. The highest BCUT2D eigenvalue weighted by Crippen LogP contribution is 2.13. The SMILES string of the molecule is C#CCCOc1cccc(CNCCC)c1. The summed E-state index contributed by atoms with van der Waals surface area (Å²) in [6, 6.07) is 8.11. The molecule has 1 rings (SSSR count). The van der Waals surface area contributed by atoms with E-state index in [2.05, 4.69) is 30.3 Å². The minimum Gasteiger partial charge on any atom is -0.493 e. The van der Waals surface area contributed by atoms with E-state index in [0.717, 1.165) is 25.3 Å². The van der Waals surface area contributed by atoms with Crippen LogP contribution in [0, 0.1) is 12.3 Å². The van der Waals surface area contributed by atoms with E-state index < -0.39 is 0 Å². The number of ether oxygens (including phenoxy) is 1. The van der Waals surface area contributed by atoms with Gasteiger partial charge in [0.1, 0.15) is 5.75 Å². The molecular weight excluding hydrogens is 198 g/mol. The Kier molecular flexibility index (Phi) is 6.13. The van der Waals surface area contributed by atoms with Crippen molar-refractivity contribution >= 4 is 0 Å². The van der Waals surface area contributed by atoms with Crippen LogP contribution in [0.1, 0.15) is 25.3 Å². The molecule has 1 aromatic carbocycles. The van der Waals surface area contributed by atoms with Crippen LogP contribution in [0.25, 0.3) is 0 Å². The minimum atomic E-state index is 0.586. The quantitative estimate of drug-likeness (QED) is 0.560. The lowest BCUT2D eigenvalue weighted by molar-refractivity contribution is 0.327. The number of terminal acetylenes is 1. The summed E-state index contributed by atoms with van der Waals surface area (Å²) < 4.78 is 5.52. The van der Waals surface area contributed by atoms with Crippen LogP contribution in [0.4, 0.5) is 0 Å². The molecule has 0 radical (unpaired) electrons.